The average Bonchev–Trinajstić information content (AvgIpc) is 2.92. The van der Waals surface area contributed by atoms with Gasteiger partial charge in [-0.1, -0.05) is 51.7 Å². The summed E-state index contributed by atoms with van der Waals surface area (Å²) in [4.78, 5) is 23.3. The van der Waals surface area contributed by atoms with Crippen LogP contribution in [0.4, 0.5) is 4.79 Å². The van der Waals surface area contributed by atoms with Gasteiger partial charge in [-0.05, 0) is 80.6 Å². The molecular weight excluding hydrogens is 508 g/mol. The molecule has 1 saturated heterocycles. The molecule has 0 saturated carbocycles. The quantitative estimate of drug-likeness (QED) is 0.126. The Morgan fingerprint density at radius 1 is 0.950 bits per heavy atom. The second kappa shape index (κ2) is 14.8. The van der Waals surface area contributed by atoms with Crippen LogP contribution in [0.5, 0.6) is 11.5 Å². The van der Waals surface area contributed by atoms with Crippen LogP contribution in [-0.2, 0) is 25.6 Å². The number of esters is 1. The number of rotatable bonds is 15. The molecule has 3 rings (SSSR count). The number of benzene rings is 2. The van der Waals surface area contributed by atoms with Gasteiger partial charge in [0.1, 0.15) is 37.9 Å². The maximum absolute atomic E-state index is 12.1. The maximum Gasteiger partial charge on any atom is 0.508 e. The molecule has 7 nitrogen and oxygen atoms in total. The first kappa shape index (κ1) is 31.1. The third-order valence-electron chi connectivity index (χ3n) is 6.96. The number of unbranched alkanes of at least 4 members (excludes halogenated alkanes) is 5. The van der Waals surface area contributed by atoms with Gasteiger partial charge in [0.2, 0.25) is 0 Å². The molecule has 218 valence electrons. The minimum atomic E-state index is -0.637. The summed E-state index contributed by atoms with van der Waals surface area (Å²) in [6.07, 6.45) is 6.49. The molecular formula is C33H44O7. The molecule has 2 aromatic carbocycles. The normalized spacial score (nSPS) is 14.2. The van der Waals surface area contributed by atoms with E-state index in [2.05, 4.69) is 25.6 Å². The van der Waals surface area contributed by atoms with Crippen molar-refractivity contribution in [1.29, 1.82) is 0 Å². The van der Waals surface area contributed by atoms with Gasteiger partial charge >= 0.3 is 12.1 Å². The van der Waals surface area contributed by atoms with E-state index in [0.717, 1.165) is 52.2 Å². The first-order valence-corrected chi connectivity index (χ1v) is 14.2. The standard InChI is InChI=1S/C33H44O7/c1-7-8-9-10-11-12-15-36-29-14-13-26(18-28(29)19-37-31(34)23(2)3)27-16-24(4)30(25(5)17-27)38-20-33(6)21-39-32(35)40-22-33/h13-14,16-18H,2,7-12,15,19-22H2,1,3-6H3. The number of ether oxygens (including phenoxy) is 5. The molecule has 0 aliphatic carbocycles. The van der Waals surface area contributed by atoms with E-state index in [9.17, 15) is 9.59 Å². The fourth-order valence-electron chi connectivity index (χ4n) is 4.57. The molecule has 1 heterocycles. The zero-order valence-corrected chi connectivity index (χ0v) is 24.7. The maximum atomic E-state index is 12.1. The molecule has 0 spiro atoms. The number of hydrogen-bond acceptors (Lipinski definition) is 7. The Bertz CT molecular complexity index is 1150. The summed E-state index contributed by atoms with van der Waals surface area (Å²) in [7, 11) is 0. The van der Waals surface area contributed by atoms with Gasteiger partial charge in [0.25, 0.3) is 0 Å². The van der Waals surface area contributed by atoms with Crippen molar-refractivity contribution < 1.29 is 33.3 Å². The number of carbonyl (C=O) groups is 2. The van der Waals surface area contributed by atoms with Gasteiger partial charge in [0.05, 0.1) is 12.0 Å². The predicted molar refractivity (Wildman–Crippen MR) is 156 cm³/mol. The van der Waals surface area contributed by atoms with Crippen molar-refractivity contribution in [2.75, 3.05) is 26.4 Å². The average molecular weight is 553 g/mol. The highest BCUT2D eigenvalue weighted by atomic mass is 16.7. The first-order chi connectivity index (χ1) is 19.1. The molecule has 0 aromatic heterocycles. The zero-order valence-electron chi connectivity index (χ0n) is 24.7. The summed E-state index contributed by atoms with van der Waals surface area (Å²) < 4.78 is 27.9. The van der Waals surface area contributed by atoms with Gasteiger partial charge in [-0.3, -0.25) is 0 Å². The van der Waals surface area contributed by atoms with Crippen LogP contribution in [0.1, 0.15) is 76.0 Å². The monoisotopic (exact) mass is 552 g/mol. The molecule has 0 radical (unpaired) electrons. The molecule has 1 aliphatic rings. The van der Waals surface area contributed by atoms with E-state index in [4.69, 9.17) is 23.7 Å². The highest BCUT2D eigenvalue weighted by molar-refractivity contribution is 5.87. The number of cyclic esters (lactones) is 2. The van der Waals surface area contributed by atoms with E-state index >= 15 is 0 Å². The van der Waals surface area contributed by atoms with Crippen molar-refractivity contribution in [2.45, 2.75) is 79.8 Å². The third-order valence-corrected chi connectivity index (χ3v) is 6.96. The van der Waals surface area contributed by atoms with E-state index in [1.54, 1.807) is 6.92 Å². The van der Waals surface area contributed by atoms with Gasteiger partial charge in [-0.25, -0.2) is 9.59 Å². The largest absolute Gasteiger partial charge is 0.508 e. The smallest absolute Gasteiger partial charge is 0.493 e. The Kier molecular flexibility index (Phi) is 11.5. The van der Waals surface area contributed by atoms with Crippen LogP contribution < -0.4 is 9.47 Å². The molecule has 0 unspecified atom stereocenters. The summed E-state index contributed by atoms with van der Waals surface area (Å²) in [6.45, 7) is 15.1. The van der Waals surface area contributed by atoms with Crippen molar-refractivity contribution in [3.8, 4) is 22.6 Å². The van der Waals surface area contributed by atoms with Crippen molar-refractivity contribution in [3.63, 3.8) is 0 Å². The second-order valence-corrected chi connectivity index (χ2v) is 11.2. The van der Waals surface area contributed by atoms with E-state index in [1.807, 2.05) is 39.0 Å². The fraction of sp³-hybridized carbons (Fsp3) is 0.515. The van der Waals surface area contributed by atoms with Gasteiger partial charge in [-0.2, -0.15) is 0 Å². The summed E-state index contributed by atoms with van der Waals surface area (Å²) >= 11 is 0. The van der Waals surface area contributed by atoms with Gasteiger partial charge in [0, 0.05) is 11.1 Å². The Hall–Kier alpha value is -3.48. The van der Waals surface area contributed by atoms with Gasteiger partial charge in [0.15, 0.2) is 0 Å². The Balaban J connectivity index is 1.74. The molecule has 40 heavy (non-hydrogen) atoms. The number of carbonyl (C=O) groups excluding carboxylic acids is 2. The van der Waals surface area contributed by atoms with E-state index in [1.165, 1.54) is 25.7 Å². The SMILES string of the molecule is C=C(C)C(=O)OCc1cc(-c2cc(C)c(OCC3(C)COC(=O)OC3)c(C)c2)ccc1OCCCCCCCC. The van der Waals surface area contributed by atoms with Crippen LogP contribution in [-0.4, -0.2) is 38.6 Å². The van der Waals surface area contributed by atoms with Gasteiger partial charge in [-0.15, -0.1) is 0 Å². The lowest BCUT2D eigenvalue weighted by atomic mass is 9.93. The topological polar surface area (TPSA) is 80.3 Å². The molecule has 0 amide bonds. The van der Waals surface area contributed by atoms with E-state index in [0.29, 0.717) is 18.8 Å². The van der Waals surface area contributed by atoms with Crippen LogP contribution in [0.25, 0.3) is 11.1 Å². The van der Waals surface area contributed by atoms with Crippen LogP contribution in [0, 0.1) is 19.3 Å². The lowest BCUT2D eigenvalue weighted by Crippen LogP contribution is -2.41. The second-order valence-electron chi connectivity index (χ2n) is 11.2. The molecule has 0 atom stereocenters. The lowest BCUT2D eigenvalue weighted by molar-refractivity contribution is -0.140. The molecule has 2 aromatic rings. The Labute approximate surface area is 238 Å². The fourth-order valence-corrected chi connectivity index (χ4v) is 4.57. The van der Waals surface area contributed by atoms with Crippen LogP contribution in [0.15, 0.2) is 42.5 Å². The van der Waals surface area contributed by atoms with Gasteiger partial charge < -0.3 is 23.7 Å². The number of hydrogen-bond donors (Lipinski definition) is 0. The molecule has 0 bridgehead atoms. The van der Waals surface area contributed by atoms with Crippen LogP contribution in [0.3, 0.4) is 0 Å². The van der Waals surface area contributed by atoms with Crippen molar-refractivity contribution in [3.05, 3.63) is 59.2 Å². The zero-order chi connectivity index (χ0) is 29.1. The van der Waals surface area contributed by atoms with E-state index in [-0.39, 0.29) is 19.8 Å². The minimum Gasteiger partial charge on any atom is -0.493 e. The Morgan fingerprint density at radius 3 is 2.25 bits per heavy atom. The van der Waals surface area contributed by atoms with Crippen molar-refractivity contribution in [2.24, 2.45) is 5.41 Å². The minimum absolute atomic E-state index is 0.107. The van der Waals surface area contributed by atoms with E-state index < -0.39 is 17.5 Å². The Morgan fingerprint density at radius 2 is 1.60 bits per heavy atom. The molecule has 0 N–H and O–H groups in total. The summed E-state index contributed by atoms with van der Waals surface area (Å²) in [5.41, 5.74) is 4.77. The van der Waals surface area contributed by atoms with Crippen molar-refractivity contribution >= 4 is 12.1 Å². The van der Waals surface area contributed by atoms with Crippen molar-refractivity contribution in [1.82, 2.24) is 0 Å². The summed E-state index contributed by atoms with van der Waals surface area (Å²) in [5.74, 6) is 1.10. The third kappa shape index (κ3) is 9.04. The summed E-state index contributed by atoms with van der Waals surface area (Å²) in [6, 6.07) is 10.2. The predicted octanol–water partition coefficient (Wildman–Crippen LogP) is 7.88. The molecule has 1 aliphatic heterocycles. The number of aryl methyl sites for hydroxylation is 2. The van der Waals surface area contributed by atoms with Crippen LogP contribution in [0.2, 0.25) is 0 Å². The highest BCUT2D eigenvalue weighted by Crippen LogP contribution is 2.34. The summed E-state index contributed by atoms with van der Waals surface area (Å²) in [5, 5.41) is 0. The van der Waals surface area contributed by atoms with Crippen LogP contribution >= 0.6 is 0 Å². The lowest BCUT2D eigenvalue weighted by Gasteiger charge is -2.32. The highest BCUT2D eigenvalue weighted by Gasteiger charge is 2.34. The molecule has 1 fully saturated rings. The molecule has 7 heteroatoms. The first-order valence-electron chi connectivity index (χ1n) is 14.2.